The minimum Gasteiger partial charge on any atom is -0.348 e. The summed E-state index contributed by atoms with van der Waals surface area (Å²) in [5.74, 6) is -0.0966. The second-order valence-electron chi connectivity index (χ2n) is 8.34. The molecule has 0 radical (unpaired) electrons. The molecule has 0 saturated carbocycles. The van der Waals surface area contributed by atoms with E-state index in [4.69, 9.17) is 10.7 Å². The van der Waals surface area contributed by atoms with Crippen LogP contribution in [-0.4, -0.2) is 17.4 Å². The fourth-order valence-corrected chi connectivity index (χ4v) is 4.82. The van der Waals surface area contributed by atoms with Crippen LogP contribution in [0.1, 0.15) is 31.9 Å². The third kappa shape index (κ3) is 6.23. The van der Waals surface area contributed by atoms with Crippen molar-refractivity contribution in [2.45, 2.75) is 26.6 Å². The number of nitrogens with two attached hydrogens (primary N) is 1. The van der Waals surface area contributed by atoms with E-state index in [-0.39, 0.29) is 5.91 Å². The number of aryl methyl sites for hydroxylation is 1. The van der Waals surface area contributed by atoms with Crippen LogP contribution in [0, 0.1) is 6.92 Å². The molecular formula is C29H30N4OS. The Bertz CT molecular complexity index is 1280. The first-order valence-corrected chi connectivity index (χ1v) is 12.4. The molecule has 0 saturated heterocycles. The van der Waals surface area contributed by atoms with Gasteiger partial charge in [-0.1, -0.05) is 72.8 Å². The van der Waals surface area contributed by atoms with Gasteiger partial charge in [-0.15, -0.1) is 17.9 Å². The van der Waals surface area contributed by atoms with Crippen LogP contribution in [0.2, 0.25) is 0 Å². The molecule has 3 N–H and O–H groups in total. The first-order chi connectivity index (χ1) is 17.1. The number of thiazole rings is 1. The molecule has 1 amide bonds. The lowest BCUT2D eigenvalue weighted by Crippen LogP contribution is -2.24. The van der Waals surface area contributed by atoms with Crippen molar-refractivity contribution in [3.63, 3.8) is 0 Å². The largest absolute Gasteiger partial charge is 0.348 e. The number of nitrogens with zero attached hydrogens (tertiary/aromatic N) is 2. The Morgan fingerprint density at radius 1 is 1.03 bits per heavy atom. The van der Waals surface area contributed by atoms with Crippen molar-refractivity contribution < 1.29 is 4.79 Å². The molecule has 0 aliphatic carbocycles. The maximum absolute atomic E-state index is 12.6. The number of aromatic nitrogens is 1. The fraction of sp³-hybridized carbons (Fsp3) is 0.172. The van der Waals surface area contributed by atoms with Gasteiger partial charge in [0.1, 0.15) is 0 Å². The predicted molar refractivity (Wildman–Crippen MR) is 145 cm³/mol. The second kappa shape index (κ2) is 11.6. The summed E-state index contributed by atoms with van der Waals surface area (Å²) in [5, 5.41) is 3.95. The molecule has 0 aliphatic heterocycles. The van der Waals surface area contributed by atoms with Gasteiger partial charge in [-0.05, 0) is 35.7 Å². The molecule has 3 aromatic carbocycles. The highest BCUT2D eigenvalue weighted by Gasteiger charge is 2.15. The smallest absolute Gasteiger partial charge is 0.251 e. The van der Waals surface area contributed by atoms with E-state index >= 15 is 0 Å². The van der Waals surface area contributed by atoms with E-state index in [1.54, 1.807) is 11.3 Å². The van der Waals surface area contributed by atoms with Crippen molar-refractivity contribution in [2.75, 3.05) is 11.4 Å². The Kier molecular flexibility index (Phi) is 8.08. The number of amides is 1. The molecule has 178 valence electrons. The standard InChI is InChI=1S/C29H30N4OS/c1-3-16-33(29-32-27(21(2)35-29)25-10-5-4-6-11-25)20-22-12-14-26(15-13-22)28(34)31-19-24-9-7-8-23(17-24)18-30/h3-15,17H,1,16,18-20,30H2,2H3,(H,31,34). The average Bonchev–Trinajstić information content (AvgIpc) is 3.29. The van der Waals surface area contributed by atoms with Crippen LogP contribution in [0.3, 0.4) is 0 Å². The summed E-state index contributed by atoms with van der Waals surface area (Å²) in [7, 11) is 0. The van der Waals surface area contributed by atoms with Crippen LogP contribution in [-0.2, 0) is 19.6 Å². The van der Waals surface area contributed by atoms with E-state index in [2.05, 4.69) is 35.9 Å². The van der Waals surface area contributed by atoms with Crippen LogP contribution < -0.4 is 16.0 Å². The van der Waals surface area contributed by atoms with Gasteiger partial charge in [0.2, 0.25) is 0 Å². The molecule has 0 aliphatic rings. The third-order valence-electron chi connectivity index (χ3n) is 5.72. The highest BCUT2D eigenvalue weighted by molar-refractivity contribution is 7.16. The van der Waals surface area contributed by atoms with Crippen LogP contribution in [0.25, 0.3) is 11.3 Å². The van der Waals surface area contributed by atoms with Gasteiger partial charge < -0.3 is 16.0 Å². The van der Waals surface area contributed by atoms with Crippen LogP contribution >= 0.6 is 11.3 Å². The van der Waals surface area contributed by atoms with Gasteiger partial charge in [0, 0.05) is 42.2 Å². The SMILES string of the molecule is C=CCN(Cc1ccc(C(=O)NCc2cccc(CN)c2)cc1)c1nc(-c2ccccc2)c(C)s1. The van der Waals surface area contributed by atoms with Gasteiger partial charge in [-0.2, -0.15) is 0 Å². The van der Waals surface area contributed by atoms with Crippen molar-refractivity contribution in [1.82, 2.24) is 10.3 Å². The Labute approximate surface area is 211 Å². The first kappa shape index (κ1) is 24.4. The maximum Gasteiger partial charge on any atom is 0.251 e. The third-order valence-corrected chi connectivity index (χ3v) is 6.75. The lowest BCUT2D eigenvalue weighted by molar-refractivity contribution is 0.0951. The topological polar surface area (TPSA) is 71.2 Å². The number of carbonyl (C=O) groups excluding carboxylic acids is 1. The van der Waals surface area contributed by atoms with Gasteiger partial charge in [0.15, 0.2) is 5.13 Å². The van der Waals surface area contributed by atoms with E-state index in [1.165, 1.54) is 4.88 Å². The number of benzene rings is 3. The van der Waals surface area contributed by atoms with Crippen molar-refractivity contribution in [3.8, 4) is 11.3 Å². The number of nitrogens with one attached hydrogen (secondary N) is 1. The van der Waals surface area contributed by atoms with E-state index in [0.717, 1.165) is 33.1 Å². The Balaban J connectivity index is 1.42. The van der Waals surface area contributed by atoms with Crippen LogP contribution in [0.5, 0.6) is 0 Å². The lowest BCUT2D eigenvalue weighted by atomic mass is 10.1. The molecule has 0 atom stereocenters. The molecule has 0 bridgehead atoms. The molecule has 5 nitrogen and oxygen atoms in total. The van der Waals surface area contributed by atoms with Crippen molar-refractivity contribution in [1.29, 1.82) is 0 Å². The number of carbonyl (C=O) groups is 1. The molecular weight excluding hydrogens is 452 g/mol. The Hall–Kier alpha value is -3.74. The minimum absolute atomic E-state index is 0.0966. The average molecular weight is 483 g/mol. The van der Waals surface area contributed by atoms with E-state index in [0.29, 0.717) is 31.7 Å². The van der Waals surface area contributed by atoms with Crippen LogP contribution in [0.4, 0.5) is 5.13 Å². The summed E-state index contributed by atoms with van der Waals surface area (Å²) >= 11 is 1.69. The molecule has 1 heterocycles. The highest BCUT2D eigenvalue weighted by atomic mass is 32.1. The van der Waals surface area contributed by atoms with E-state index in [9.17, 15) is 4.79 Å². The summed E-state index contributed by atoms with van der Waals surface area (Å²) in [5.41, 5.74) is 11.7. The quantitative estimate of drug-likeness (QED) is 0.285. The van der Waals surface area contributed by atoms with Crippen molar-refractivity contribution in [3.05, 3.63) is 119 Å². The maximum atomic E-state index is 12.6. The molecule has 6 heteroatoms. The van der Waals surface area contributed by atoms with Gasteiger partial charge in [-0.3, -0.25) is 4.79 Å². The zero-order chi connectivity index (χ0) is 24.6. The zero-order valence-electron chi connectivity index (χ0n) is 19.9. The van der Waals surface area contributed by atoms with Gasteiger partial charge in [0.05, 0.1) is 5.69 Å². The number of hydrogen-bond donors (Lipinski definition) is 2. The molecule has 0 fully saturated rings. The summed E-state index contributed by atoms with van der Waals surface area (Å²) < 4.78 is 0. The van der Waals surface area contributed by atoms with Crippen molar-refractivity contribution >= 4 is 22.4 Å². The number of rotatable bonds is 10. The number of anilines is 1. The van der Waals surface area contributed by atoms with Gasteiger partial charge >= 0.3 is 0 Å². The normalized spacial score (nSPS) is 10.7. The summed E-state index contributed by atoms with van der Waals surface area (Å²) in [4.78, 5) is 21.0. The zero-order valence-corrected chi connectivity index (χ0v) is 20.7. The highest BCUT2D eigenvalue weighted by Crippen LogP contribution is 2.33. The monoisotopic (exact) mass is 482 g/mol. The molecule has 4 rings (SSSR count). The van der Waals surface area contributed by atoms with Crippen molar-refractivity contribution in [2.24, 2.45) is 5.73 Å². The Morgan fingerprint density at radius 3 is 2.49 bits per heavy atom. The van der Waals surface area contributed by atoms with Gasteiger partial charge in [-0.25, -0.2) is 4.98 Å². The Morgan fingerprint density at radius 2 is 1.77 bits per heavy atom. The molecule has 0 unspecified atom stereocenters. The first-order valence-electron chi connectivity index (χ1n) is 11.6. The van der Waals surface area contributed by atoms with Crippen LogP contribution in [0.15, 0.2) is 91.5 Å². The fourth-order valence-electron chi connectivity index (χ4n) is 3.88. The summed E-state index contributed by atoms with van der Waals surface area (Å²) in [6.45, 7) is 8.35. The van der Waals surface area contributed by atoms with Gasteiger partial charge in [0.25, 0.3) is 5.91 Å². The lowest BCUT2D eigenvalue weighted by Gasteiger charge is -2.20. The molecule has 4 aromatic rings. The predicted octanol–water partition coefficient (Wildman–Crippen LogP) is 5.70. The minimum atomic E-state index is -0.0966. The number of hydrogen-bond acceptors (Lipinski definition) is 5. The molecule has 1 aromatic heterocycles. The van der Waals surface area contributed by atoms with E-state index < -0.39 is 0 Å². The van der Waals surface area contributed by atoms with E-state index in [1.807, 2.05) is 72.8 Å². The summed E-state index contributed by atoms with van der Waals surface area (Å²) in [6, 6.07) is 25.9. The second-order valence-corrected chi connectivity index (χ2v) is 9.52. The molecule has 35 heavy (non-hydrogen) atoms. The summed E-state index contributed by atoms with van der Waals surface area (Å²) in [6.07, 6.45) is 1.89. The molecule has 0 spiro atoms.